The first-order valence-electron chi connectivity index (χ1n) is 10.1. The van der Waals surface area contributed by atoms with E-state index in [1.165, 1.54) is 24.3 Å². The Morgan fingerprint density at radius 3 is 2.58 bits per heavy atom. The monoisotopic (exact) mass is 472 g/mol. The van der Waals surface area contributed by atoms with E-state index in [9.17, 15) is 19.1 Å². The SMILES string of the molecule is CC(CO)NC(=O)c1cccc(Nc2sc(-c3ccc(C(C)(C)O)cc3F)cc2C(N)=O)n1. The third-order valence-corrected chi connectivity index (χ3v) is 5.90. The molecule has 1 atom stereocenters. The lowest BCUT2D eigenvalue weighted by Crippen LogP contribution is -2.35. The molecule has 6 N–H and O–H groups in total. The van der Waals surface area contributed by atoms with Crippen molar-refractivity contribution < 1.29 is 24.2 Å². The Bertz CT molecular complexity index is 1190. The van der Waals surface area contributed by atoms with Crippen LogP contribution in [-0.2, 0) is 5.60 Å². The number of thiophene rings is 1. The highest BCUT2D eigenvalue weighted by molar-refractivity contribution is 7.19. The summed E-state index contributed by atoms with van der Waals surface area (Å²) in [6.45, 7) is 4.56. The third kappa shape index (κ3) is 5.72. The van der Waals surface area contributed by atoms with Crippen LogP contribution in [0, 0.1) is 5.82 Å². The highest BCUT2D eigenvalue weighted by Crippen LogP contribution is 2.38. The number of nitrogens with one attached hydrogen (secondary N) is 2. The molecule has 3 rings (SSSR count). The Hall–Kier alpha value is -3.34. The summed E-state index contributed by atoms with van der Waals surface area (Å²) in [6, 6.07) is 10.2. The molecule has 0 radical (unpaired) electrons. The smallest absolute Gasteiger partial charge is 0.270 e. The average molecular weight is 473 g/mol. The van der Waals surface area contributed by atoms with Crippen molar-refractivity contribution in [1.82, 2.24) is 10.3 Å². The number of amides is 2. The summed E-state index contributed by atoms with van der Waals surface area (Å²) in [4.78, 5) is 29.0. The van der Waals surface area contributed by atoms with Gasteiger partial charge in [-0.05, 0) is 50.6 Å². The van der Waals surface area contributed by atoms with Crippen LogP contribution in [0.1, 0.15) is 47.2 Å². The minimum absolute atomic E-state index is 0.117. The molecular formula is C23H25FN4O4S. The predicted octanol–water partition coefficient (Wildman–Crippen LogP) is 3.13. The fourth-order valence-corrected chi connectivity index (χ4v) is 4.08. The molecule has 10 heteroatoms. The van der Waals surface area contributed by atoms with Gasteiger partial charge in [0.1, 0.15) is 22.3 Å². The van der Waals surface area contributed by atoms with Gasteiger partial charge in [-0.15, -0.1) is 11.3 Å². The summed E-state index contributed by atoms with van der Waals surface area (Å²) in [5, 5.41) is 25.1. The lowest BCUT2D eigenvalue weighted by atomic mass is 9.96. The van der Waals surface area contributed by atoms with Crippen molar-refractivity contribution in [3.8, 4) is 10.4 Å². The molecule has 2 amide bonds. The zero-order chi connectivity index (χ0) is 24.3. The molecule has 0 saturated heterocycles. The van der Waals surface area contributed by atoms with Gasteiger partial charge in [0.05, 0.1) is 17.8 Å². The van der Waals surface area contributed by atoms with E-state index in [0.717, 1.165) is 11.3 Å². The van der Waals surface area contributed by atoms with Crippen LogP contribution in [0.5, 0.6) is 0 Å². The molecule has 0 saturated carbocycles. The number of pyridine rings is 1. The van der Waals surface area contributed by atoms with E-state index in [0.29, 0.717) is 15.4 Å². The average Bonchev–Trinajstić information content (AvgIpc) is 3.16. The highest BCUT2D eigenvalue weighted by atomic mass is 32.1. The van der Waals surface area contributed by atoms with E-state index in [1.54, 1.807) is 39.0 Å². The summed E-state index contributed by atoms with van der Waals surface area (Å²) < 4.78 is 14.8. The van der Waals surface area contributed by atoms with Crippen molar-refractivity contribution in [2.45, 2.75) is 32.4 Å². The van der Waals surface area contributed by atoms with Crippen molar-refractivity contribution in [3.05, 3.63) is 65.1 Å². The summed E-state index contributed by atoms with van der Waals surface area (Å²) in [7, 11) is 0. The Morgan fingerprint density at radius 2 is 1.97 bits per heavy atom. The van der Waals surface area contributed by atoms with Crippen LogP contribution < -0.4 is 16.4 Å². The maximum Gasteiger partial charge on any atom is 0.270 e. The van der Waals surface area contributed by atoms with Crippen LogP contribution in [0.15, 0.2) is 42.5 Å². The van der Waals surface area contributed by atoms with Crippen LogP contribution in [0.3, 0.4) is 0 Å². The maximum absolute atomic E-state index is 14.8. The van der Waals surface area contributed by atoms with Gasteiger partial charge in [-0.25, -0.2) is 9.37 Å². The van der Waals surface area contributed by atoms with Crippen molar-refractivity contribution >= 4 is 34.0 Å². The summed E-state index contributed by atoms with van der Waals surface area (Å²) >= 11 is 1.10. The number of hydrogen-bond donors (Lipinski definition) is 5. The molecule has 0 bridgehead atoms. The molecule has 33 heavy (non-hydrogen) atoms. The summed E-state index contributed by atoms with van der Waals surface area (Å²) in [5.41, 5.74) is 5.26. The van der Waals surface area contributed by atoms with Crippen LogP contribution in [0.25, 0.3) is 10.4 Å². The van der Waals surface area contributed by atoms with Crippen LogP contribution in [-0.4, -0.2) is 39.7 Å². The van der Waals surface area contributed by atoms with Gasteiger partial charge in [0.2, 0.25) is 0 Å². The fraction of sp³-hybridized carbons (Fsp3) is 0.261. The molecule has 174 valence electrons. The van der Waals surface area contributed by atoms with E-state index in [4.69, 9.17) is 10.8 Å². The Kier molecular flexibility index (Phi) is 7.11. The van der Waals surface area contributed by atoms with Gasteiger partial charge in [-0.3, -0.25) is 9.59 Å². The van der Waals surface area contributed by atoms with Gasteiger partial charge < -0.3 is 26.6 Å². The second-order valence-electron chi connectivity index (χ2n) is 8.06. The lowest BCUT2D eigenvalue weighted by molar-refractivity contribution is 0.0782. The van der Waals surface area contributed by atoms with Gasteiger partial charge in [0, 0.05) is 16.5 Å². The van der Waals surface area contributed by atoms with Gasteiger partial charge in [0.15, 0.2) is 0 Å². The fourth-order valence-electron chi connectivity index (χ4n) is 2.99. The first kappa shape index (κ1) is 24.3. The predicted molar refractivity (Wildman–Crippen MR) is 125 cm³/mol. The van der Waals surface area contributed by atoms with Gasteiger partial charge in [-0.2, -0.15) is 0 Å². The number of aliphatic hydroxyl groups is 2. The number of nitrogens with two attached hydrogens (primary N) is 1. The third-order valence-electron chi connectivity index (χ3n) is 4.81. The lowest BCUT2D eigenvalue weighted by Gasteiger charge is -2.18. The van der Waals surface area contributed by atoms with Crippen LogP contribution in [0.4, 0.5) is 15.2 Å². The van der Waals surface area contributed by atoms with Crippen LogP contribution in [0.2, 0.25) is 0 Å². The molecule has 0 fully saturated rings. The zero-order valence-corrected chi connectivity index (χ0v) is 19.2. The number of carbonyl (C=O) groups excluding carboxylic acids is 2. The molecule has 0 aliphatic carbocycles. The van der Waals surface area contributed by atoms with E-state index in [2.05, 4.69) is 15.6 Å². The second kappa shape index (κ2) is 9.65. The first-order valence-corrected chi connectivity index (χ1v) is 10.9. The number of aliphatic hydroxyl groups excluding tert-OH is 1. The molecule has 3 aromatic rings. The number of primary amides is 1. The Morgan fingerprint density at radius 1 is 1.24 bits per heavy atom. The van der Waals surface area contributed by atoms with E-state index in [-0.39, 0.29) is 29.2 Å². The molecular weight excluding hydrogens is 447 g/mol. The zero-order valence-electron chi connectivity index (χ0n) is 18.3. The van der Waals surface area contributed by atoms with E-state index in [1.807, 2.05) is 0 Å². The molecule has 1 aromatic carbocycles. The topological polar surface area (TPSA) is 138 Å². The Balaban J connectivity index is 1.92. The van der Waals surface area contributed by atoms with Crippen molar-refractivity contribution in [2.24, 2.45) is 5.73 Å². The summed E-state index contributed by atoms with van der Waals surface area (Å²) in [5.74, 6) is -1.43. The van der Waals surface area contributed by atoms with E-state index < -0.39 is 29.3 Å². The Labute approximate surface area is 194 Å². The molecule has 2 aromatic heterocycles. The number of hydrogen-bond acceptors (Lipinski definition) is 7. The molecule has 1 unspecified atom stereocenters. The largest absolute Gasteiger partial charge is 0.394 e. The van der Waals surface area contributed by atoms with E-state index >= 15 is 0 Å². The summed E-state index contributed by atoms with van der Waals surface area (Å²) in [6.07, 6.45) is 0. The maximum atomic E-state index is 14.8. The van der Waals surface area contributed by atoms with Gasteiger partial charge >= 0.3 is 0 Å². The quantitative estimate of drug-likeness (QED) is 0.342. The first-order chi connectivity index (χ1) is 15.5. The second-order valence-corrected chi connectivity index (χ2v) is 9.11. The van der Waals surface area contributed by atoms with Crippen LogP contribution >= 0.6 is 11.3 Å². The highest BCUT2D eigenvalue weighted by Gasteiger charge is 2.21. The molecule has 0 aliphatic rings. The van der Waals surface area contributed by atoms with Gasteiger partial charge in [0.25, 0.3) is 11.8 Å². The minimum Gasteiger partial charge on any atom is -0.394 e. The minimum atomic E-state index is -1.20. The standard InChI is InChI=1S/C23H25FN4O4S/c1-12(11-29)26-21(31)17-5-4-6-19(27-17)28-22-15(20(25)30)10-18(33-22)14-8-7-13(9-16(14)24)23(2,3)32/h4-10,12,29,32H,11H2,1-3H3,(H2,25,30)(H,26,31)(H,27,28). The number of halogens is 1. The van der Waals surface area contributed by atoms with Gasteiger partial charge in [-0.1, -0.05) is 18.2 Å². The molecule has 8 nitrogen and oxygen atoms in total. The number of anilines is 2. The number of benzene rings is 1. The number of rotatable bonds is 8. The molecule has 0 aliphatic heterocycles. The molecule has 2 heterocycles. The van der Waals surface area contributed by atoms with Crippen molar-refractivity contribution in [2.75, 3.05) is 11.9 Å². The normalized spacial score (nSPS) is 12.3. The molecule has 0 spiro atoms. The number of nitrogens with zero attached hydrogens (tertiary/aromatic N) is 1. The number of carbonyl (C=O) groups is 2. The number of aromatic nitrogens is 1. The van der Waals surface area contributed by atoms with Crippen molar-refractivity contribution in [1.29, 1.82) is 0 Å². The van der Waals surface area contributed by atoms with Crippen molar-refractivity contribution in [3.63, 3.8) is 0 Å².